The fourth-order valence-electron chi connectivity index (χ4n) is 3.93. The molecule has 2 aromatic rings. The van der Waals surface area contributed by atoms with Crippen LogP contribution < -0.4 is 16.0 Å². The molecule has 0 fully saturated rings. The maximum Gasteiger partial charge on any atom is 0.407 e. The predicted octanol–water partition coefficient (Wildman–Crippen LogP) is 2.26. The number of alkyl carbamates (subject to hydrolysis) is 1. The highest BCUT2D eigenvalue weighted by molar-refractivity contribution is 5.87. The van der Waals surface area contributed by atoms with Crippen molar-refractivity contribution in [3.63, 3.8) is 0 Å². The van der Waals surface area contributed by atoms with E-state index in [0.717, 1.165) is 22.3 Å². The molecular formula is C25H29N3O6. The summed E-state index contributed by atoms with van der Waals surface area (Å²) < 4.78 is 5.55. The number of hydrogen-bond donors (Lipinski definition) is 4. The molecule has 0 unspecified atom stereocenters. The van der Waals surface area contributed by atoms with E-state index in [4.69, 9.17) is 9.84 Å². The van der Waals surface area contributed by atoms with Gasteiger partial charge in [0, 0.05) is 18.4 Å². The summed E-state index contributed by atoms with van der Waals surface area (Å²) in [7, 11) is 0. The molecule has 9 nitrogen and oxygen atoms in total. The Morgan fingerprint density at radius 1 is 0.882 bits per heavy atom. The zero-order valence-electron chi connectivity index (χ0n) is 19.2. The monoisotopic (exact) mass is 467 g/mol. The van der Waals surface area contributed by atoms with Crippen LogP contribution in [0.4, 0.5) is 4.79 Å². The SMILES string of the molecule is CC(C)[C@@H](CC(=O)NCC(=O)NCC(=O)O)NC(=O)OCC1c2ccccc2-c2ccccc21. The number of carbonyl (C=O) groups is 4. The van der Waals surface area contributed by atoms with E-state index in [1.807, 2.05) is 50.2 Å². The first-order valence-corrected chi connectivity index (χ1v) is 11.1. The van der Waals surface area contributed by atoms with E-state index in [2.05, 4.69) is 28.1 Å². The van der Waals surface area contributed by atoms with Gasteiger partial charge in [-0.2, -0.15) is 0 Å². The molecule has 0 saturated carbocycles. The quantitative estimate of drug-likeness (QED) is 0.424. The third-order valence-electron chi connectivity index (χ3n) is 5.74. The van der Waals surface area contributed by atoms with Crippen LogP contribution in [-0.2, 0) is 19.1 Å². The van der Waals surface area contributed by atoms with Gasteiger partial charge in [0.15, 0.2) is 0 Å². The summed E-state index contributed by atoms with van der Waals surface area (Å²) in [5, 5.41) is 15.9. The Hall–Kier alpha value is -3.88. The zero-order valence-corrected chi connectivity index (χ0v) is 19.2. The highest BCUT2D eigenvalue weighted by atomic mass is 16.5. The average Bonchev–Trinajstić information content (AvgIpc) is 3.13. The number of carboxylic acids is 1. The van der Waals surface area contributed by atoms with Gasteiger partial charge in [0.1, 0.15) is 13.2 Å². The largest absolute Gasteiger partial charge is 0.480 e. The summed E-state index contributed by atoms with van der Waals surface area (Å²) in [6.07, 6.45) is -0.666. The molecule has 0 saturated heterocycles. The summed E-state index contributed by atoms with van der Waals surface area (Å²) >= 11 is 0. The van der Waals surface area contributed by atoms with Crippen LogP contribution in [0.1, 0.15) is 37.3 Å². The molecule has 2 aromatic carbocycles. The molecule has 1 aliphatic rings. The van der Waals surface area contributed by atoms with Gasteiger partial charge in [-0.1, -0.05) is 62.4 Å². The number of carbonyl (C=O) groups excluding carboxylic acids is 3. The van der Waals surface area contributed by atoms with Crippen molar-refractivity contribution in [2.45, 2.75) is 32.2 Å². The number of rotatable bonds is 10. The standard InChI is InChI=1S/C25H29N3O6/c1-15(2)21(11-22(29)26-12-23(30)27-13-24(31)32)28-25(33)34-14-20-18-9-5-3-7-16(18)17-8-4-6-10-19(17)20/h3-10,15,20-21H,11-14H2,1-2H3,(H,26,29)(H,27,30)(H,28,33)(H,31,32)/t21-/m1/s1. The van der Waals surface area contributed by atoms with Gasteiger partial charge in [-0.25, -0.2) is 4.79 Å². The molecule has 3 amide bonds. The van der Waals surface area contributed by atoms with Crippen molar-refractivity contribution in [3.8, 4) is 11.1 Å². The minimum atomic E-state index is -1.17. The van der Waals surface area contributed by atoms with E-state index < -0.39 is 36.5 Å². The number of aliphatic carboxylic acids is 1. The molecule has 4 N–H and O–H groups in total. The van der Waals surface area contributed by atoms with Gasteiger partial charge in [-0.15, -0.1) is 0 Å². The second kappa shape index (κ2) is 11.3. The third kappa shape index (κ3) is 6.34. The Bertz CT molecular complexity index is 1020. The number of benzene rings is 2. The first kappa shape index (κ1) is 24.8. The molecule has 34 heavy (non-hydrogen) atoms. The van der Waals surface area contributed by atoms with E-state index in [1.165, 1.54) is 0 Å². The molecule has 9 heteroatoms. The Kier molecular flexibility index (Phi) is 8.24. The second-order valence-corrected chi connectivity index (χ2v) is 8.47. The number of hydrogen-bond acceptors (Lipinski definition) is 5. The highest BCUT2D eigenvalue weighted by Gasteiger charge is 2.29. The van der Waals surface area contributed by atoms with Crippen molar-refractivity contribution in [3.05, 3.63) is 59.7 Å². The van der Waals surface area contributed by atoms with E-state index in [9.17, 15) is 19.2 Å². The number of amides is 3. The summed E-state index contributed by atoms with van der Waals surface area (Å²) in [6.45, 7) is 3.03. The van der Waals surface area contributed by atoms with E-state index >= 15 is 0 Å². The lowest BCUT2D eigenvalue weighted by Gasteiger charge is -2.22. The van der Waals surface area contributed by atoms with Gasteiger partial charge in [0.2, 0.25) is 11.8 Å². The van der Waals surface area contributed by atoms with Crippen LogP contribution in [-0.4, -0.2) is 54.7 Å². The van der Waals surface area contributed by atoms with E-state index in [0.29, 0.717) is 0 Å². The van der Waals surface area contributed by atoms with Gasteiger partial charge >= 0.3 is 12.1 Å². The maximum atomic E-state index is 12.6. The van der Waals surface area contributed by atoms with Gasteiger partial charge < -0.3 is 25.8 Å². The van der Waals surface area contributed by atoms with Crippen molar-refractivity contribution in [1.29, 1.82) is 0 Å². The number of ether oxygens (including phenoxy) is 1. The van der Waals surface area contributed by atoms with E-state index in [-0.39, 0.29) is 31.4 Å². The normalized spacial score (nSPS) is 12.9. The molecule has 0 heterocycles. The fourth-order valence-corrected chi connectivity index (χ4v) is 3.93. The van der Waals surface area contributed by atoms with Gasteiger partial charge in [-0.3, -0.25) is 14.4 Å². The van der Waals surface area contributed by atoms with Crippen molar-refractivity contribution in [2.75, 3.05) is 19.7 Å². The minimum absolute atomic E-state index is 0.0475. The molecule has 3 rings (SSSR count). The van der Waals surface area contributed by atoms with Crippen LogP contribution in [0, 0.1) is 5.92 Å². The van der Waals surface area contributed by atoms with Crippen LogP contribution in [0.2, 0.25) is 0 Å². The molecule has 0 aliphatic heterocycles. The van der Waals surface area contributed by atoms with Gasteiger partial charge in [-0.05, 0) is 28.2 Å². The summed E-state index contributed by atoms with van der Waals surface area (Å²) in [5.74, 6) is -2.35. The van der Waals surface area contributed by atoms with Crippen LogP contribution in [0.15, 0.2) is 48.5 Å². The topological polar surface area (TPSA) is 134 Å². The third-order valence-corrected chi connectivity index (χ3v) is 5.74. The molecule has 0 spiro atoms. The van der Waals surface area contributed by atoms with Gasteiger partial charge in [0.25, 0.3) is 0 Å². The maximum absolute atomic E-state index is 12.6. The smallest absolute Gasteiger partial charge is 0.407 e. The molecular weight excluding hydrogens is 438 g/mol. The summed E-state index contributed by atoms with van der Waals surface area (Å²) in [4.78, 5) is 46.8. The first-order valence-electron chi connectivity index (χ1n) is 11.1. The average molecular weight is 468 g/mol. The van der Waals surface area contributed by atoms with Crippen LogP contribution >= 0.6 is 0 Å². The van der Waals surface area contributed by atoms with E-state index in [1.54, 1.807) is 0 Å². The van der Waals surface area contributed by atoms with Crippen molar-refractivity contribution in [1.82, 2.24) is 16.0 Å². The lowest BCUT2D eigenvalue weighted by molar-refractivity contribution is -0.137. The molecule has 0 bridgehead atoms. The fraction of sp³-hybridized carbons (Fsp3) is 0.360. The summed E-state index contributed by atoms with van der Waals surface area (Å²) in [5.41, 5.74) is 4.49. The van der Waals surface area contributed by atoms with Crippen molar-refractivity contribution in [2.24, 2.45) is 5.92 Å². The zero-order chi connectivity index (χ0) is 24.7. The summed E-state index contributed by atoms with van der Waals surface area (Å²) in [6, 6.07) is 15.6. The molecule has 0 aromatic heterocycles. The number of nitrogens with one attached hydrogen (secondary N) is 3. The second-order valence-electron chi connectivity index (χ2n) is 8.47. The van der Waals surface area contributed by atoms with Crippen LogP contribution in [0.5, 0.6) is 0 Å². The molecule has 0 radical (unpaired) electrons. The number of fused-ring (bicyclic) bond motifs is 3. The van der Waals surface area contributed by atoms with Gasteiger partial charge in [0.05, 0.1) is 6.54 Å². The number of carboxylic acid groups (broad SMARTS) is 1. The van der Waals surface area contributed by atoms with Crippen molar-refractivity contribution < 1.29 is 29.0 Å². The lowest BCUT2D eigenvalue weighted by Crippen LogP contribution is -2.44. The predicted molar refractivity (Wildman–Crippen MR) is 125 cm³/mol. The molecule has 1 aliphatic carbocycles. The molecule has 180 valence electrons. The van der Waals surface area contributed by atoms with Crippen molar-refractivity contribution >= 4 is 23.9 Å². The molecule has 1 atom stereocenters. The Morgan fingerprint density at radius 3 is 2.00 bits per heavy atom. The Labute approximate surface area is 197 Å². The first-order chi connectivity index (χ1) is 16.3. The Morgan fingerprint density at radius 2 is 1.44 bits per heavy atom. The lowest BCUT2D eigenvalue weighted by atomic mass is 9.98. The highest BCUT2D eigenvalue weighted by Crippen LogP contribution is 2.44. The van der Waals surface area contributed by atoms with Crippen LogP contribution in [0.3, 0.4) is 0 Å². The Balaban J connectivity index is 1.52. The van der Waals surface area contributed by atoms with Crippen LogP contribution in [0.25, 0.3) is 11.1 Å². The minimum Gasteiger partial charge on any atom is -0.480 e.